The number of aromatic amines is 1. The van der Waals surface area contributed by atoms with Gasteiger partial charge in [0.05, 0.1) is 23.5 Å². The van der Waals surface area contributed by atoms with Crippen LogP contribution in [0.1, 0.15) is 12.5 Å². The third-order valence-electron chi connectivity index (χ3n) is 4.74. The van der Waals surface area contributed by atoms with Crippen molar-refractivity contribution in [3.8, 4) is 28.3 Å². The van der Waals surface area contributed by atoms with Gasteiger partial charge >= 0.3 is 0 Å². The number of hydrogen-bond donors (Lipinski definition) is 1. The molecule has 0 aliphatic carbocycles. The Hall–Kier alpha value is -2.49. The quantitative estimate of drug-likeness (QED) is 0.412. The molecule has 0 aliphatic heterocycles. The van der Waals surface area contributed by atoms with Gasteiger partial charge in [-0.3, -0.25) is 5.10 Å². The number of rotatable bonds is 4. The minimum absolute atomic E-state index is 0.646. The molecule has 27 heavy (non-hydrogen) atoms. The van der Waals surface area contributed by atoms with Crippen LogP contribution in [0, 0.1) is 0 Å². The molecule has 136 valence electrons. The maximum absolute atomic E-state index is 6.40. The molecule has 0 saturated carbocycles. The molecule has 0 unspecified atom stereocenters. The molecule has 5 heteroatoms. The van der Waals surface area contributed by atoms with E-state index < -0.39 is 0 Å². The van der Waals surface area contributed by atoms with Crippen LogP contribution >= 0.6 is 23.2 Å². The number of nitrogens with zero attached hydrogens (tertiary/aromatic N) is 1. The van der Waals surface area contributed by atoms with Gasteiger partial charge in [-0.05, 0) is 53.6 Å². The number of methoxy groups -OCH3 is 1. The molecular weight excluding hydrogens is 379 g/mol. The maximum atomic E-state index is 6.40. The summed E-state index contributed by atoms with van der Waals surface area (Å²) in [5.41, 5.74) is 4.89. The topological polar surface area (TPSA) is 37.9 Å². The second-order valence-electron chi connectivity index (χ2n) is 6.33. The normalized spacial score (nSPS) is 11.1. The summed E-state index contributed by atoms with van der Waals surface area (Å²) in [6.07, 6.45) is 0.824. The van der Waals surface area contributed by atoms with Gasteiger partial charge in [-0.25, -0.2) is 0 Å². The lowest BCUT2D eigenvalue weighted by Gasteiger charge is -2.08. The lowest BCUT2D eigenvalue weighted by atomic mass is 9.98. The van der Waals surface area contributed by atoms with Crippen molar-refractivity contribution >= 4 is 34.0 Å². The fraction of sp³-hybridized carbons (Fsp3) is 0.136. The summed E-state index contributed by atoms with van der Waals surface area (Å²) in [5, 5.41) is 11.3. The van der Waals surface area contributed by atoms with E-state index in [0.717, 1.165) is 51.0 Å². The Bertz CT molecular complexity index is 1130. The van der Waals surface area contributed by atoms with Crippen LogP contribution in [0.5, 0.6) is 5.75 Å². The highest BCUT2D eigenvalue weighted by molar-refractivity contribution is 6.35. The van der Waals surface area contributed by atoms with Crippen LogP contribution in [0.15, 0.2) is 54.6 Å². The van der Waals surface area contributed by atoms with Crippen molar-refractivity contribution in [3.63, 3.8) is 0 Å². The fourth-order valence-electron chi connectivity index (χ4n) is 3.36. The molecule has 0 spiro atoms. The van der Waals surface area contributed by atoms with E-state index in [-0.39, 0.29) is 0 Å². The second kappa shape index (κ2) is 7.26. The van der Waals surface area contributed by atoms with Gasteiger partial charge in [-0.2, -0.15) is 5.10 Å². The molecule has 0 atom stereocenters. The number of nitrogens with one attached hydrogen (secondary N) is 1. The zero-order chi connectivity index (χ0) is 19.0. The number of hydrogen-bond acceptors (Lipinski definition) is 2. The average molecular weight is 397 g/mol. The molecule has 0 radical (unpaired) electrons. The van der Waals surface area contributed by atoms with Crippen molar-refractivity contribution in [1.29, 1.82) is 0 Å². The first kappa shape index (κ1) is 17.9. The summed E-state index contributed by atoms with van der Waals surface area (Å²) < 4.78 is 5.31. The summed E-state index contributed by atoms with van der Waals surface area (Å²) in [7, 11) is 1.68. The van der Waals surface area contributed by atoms with Crippen LogP contribution < -0.4 is 4.74 Å². The van der Waals surface area contributed by atoms with Crippen LogP contribution in [0.2, 0.25) is 10.0 Å². The van der Waals surface area contributed by atoms with E-state index in [1.807, 2.05) is 24.3 Å². The van der Waals surface area contributed by atoms with Gasteiger partial charge in [0.15, 0.2) is 0 Å². The molecule has 0 saturated heterocycles. The lowest BCUT2D eigenvalue weighted by molar-refractivity contribution is 0.415. The molecule has 0 aliphatic rings. The van der Waals surface area contributed by atoms with Gasteiger partial charge in [0.1, 0.15) is 5.75 Å². The SMILES string of the molecule is CCc1c(-c2ccc3cc(OC)ccc3c2)n[nH]c1-c1cc(Cl)ccc1Cl. The molecule has 4 aromatic rings. The van der Waals surface area contributed by atoms with Crippen molar-refractivity contribution < 1.29 is 4.74 Å². The molecule has 0 bridgehead atoms. The first-order chi connectivity index (χ1) is 13.1. The highest BCUT2D eigenvalue weighted by Crippen LogP contribution is 2.36. The molecule has 1 aromatic heterocycles. The number of halogens is 2. The molecule has 1 N–H and O–H groups in total. The molecule has 3 nitrogen and oxygen atoms in total. The van der Waals surface area contributed by atoms with Crippen molar-refractivity contribution in [2.45, 2.75) is 13.3 Å². The van der Waals surface area contributed by atoms with Crippen molar-refractivity contribution in [3.05, 3.63) is 70.2 Å². The van der Waals surface area contributed by atoms with E-state index in [1.54, 1.807) is 13.2 Å². The van der Waals surface area contributed by atoms with Gasteiger partial charge < -0.3 is 4.74 Å². The maximum Gasteiger partial charge on any atom is 0.119 e. The standard InChI is InChI=1S/C22H18Cl2N2O/c1-3-18-21(25-26-22(18)19-12-16(23)7-9-20(19)24)15-5-4-14-11-17(27-2)8-6-13(14)10-15/h4-12H,3H2,1-2H3,(H,25,26). The van der Waals surface area contributed by atoms with Gasteiger partial charge in [-0.15, -0.1) is 0 Å². The third-order valence-corrected chi connectivity index (χ3v) is 5.30. The van der Waals surface area contributed by atoms with Crippen molar-refractivity contribution in [2.24, 2.45) is 0 Å². The number of ether oxygens (including phenoxy) is 1. The van der Waals surface area contributed by atoms with Crippen LogP contribution in [0.25, 0.3) is 33.3 Å². The van der Waals surface area contributed by atoms with E-state index in [1.165, 1.54) is 0 Å². The largest absolute Gasteiger partial charge is 0.497 e. The first-order valence-electron chi connectivity index (χ1n) is 8.71. The average Bonchev–Trinajstić information content (AvgIpc) is 3.12. The fourth-order valence-corrected chi connectivity index (χ4v) is 3.74. The van der Waals surface area contributed by atoms with Crippen molar-refractivity contribution in [1.82, 2.24) is 10.2 Å². The highest BCUT2D eigenvalue weighted by atomic mass is 35.5. The summed E-state index contributed by atoms with van der Waals surface area (Å²) >= 11 is 12.6. The van der Waals surface area contributed by atoms with E-state index >= 15 is 0 Å². The van der Waals surface area contributed by atoms with Crippen LogP contribution in [0.4, 0.5) is 0 Å². The monoisotopic (exact) mass is 396 g/mol. The Labute approximate surface area is 167 Å². The predicted molar refractivity (Wildman–Crippen MR) is 113 cm³/mol. The zero-order valence-corrected chi connectivity index (χ0v) is 16.5. The van der Waals surface area contributed by atoms with Gasteiger partial charge in [0.25, 0.3) is 0 Å². The van der Waals surface area contributed by atoms with Gasteiger partial charge in [-0.1, -0.05) is 48.3 Å². The number of benzene rings is 3. The Morgan fingerprint density at radius 2 is 1.74 bits per heavy atom. The van der Waals surface area contributed by atoms with E-state index in [4.69, 9.17) is 27.9 Å². The Balaban J connectivity index is 1.84. The van der Waals surface area contributed by atoms with E-state index in [0.29, 0.717) is 10.0 Å². The Morgan fingerprint density at radius 3 is 2.52 bits per heavy atom. The zero-order valence-electron chi connectivity index (χ0n) is 15.0. The smallest absolute Gasteiger partial charge is 0.119 e. The van der Waals surface area contributed by atoms with E-state index in [2.05, 4.69) is 41.4 Å². The molecule has 0 amide bonds. The lowest BCUT2D eigenvalue weighted by Crippen LogP contribution is -1.89. The van der Waals surface area contributed by atoms with Gasteiger partial charge in [0.2, 0.25) is 0 Å². The molecule has 0 fully saturated rings. The van der Waals surface area contributed by atoms with Crippen LogP contribution in [-0.2, 0) is 6.42 Å². The summed E-state index contributed by atoms with van der Waals surface area (Å²) in [6.45, 7) is 2.11. The van der Waals surface area contributed by atoms with Crippen LogP contribution in [0.3, 0.4) is 0 Å². The number of fused-ring (bicyclic) bond motifs is 1. The summed E-state index contributed by atoms with van der Waals surface area (Å²) in [4.78, 5) is 0. The summed E-state index contributed by atoms with van der Waals surface area (Å²) in [5.74, 6) is 0.849. The molecule has 1 heterocycles. The highest BCUT2D eigenvalue weighted by Gasteiger charge is 2.17. The Kier molecular flexibility index (Phi) is 4.81. The minimum Gasteiger partial charge on any atom is -0.497 e. The molecule has 4 rings (SSSR count). The summed E-state index contributed by atoms with van der Waals surface area (Å²) in [6, 6.07) is 17.8. The van der Waals surface area contributed by atoms with E-state index in [9.17, 15) is 0 Å². The minimum atomic E-state index is 0.646. The molecular formula is C22H18Cl2N2O. The predicted octanol–water partition coefficient (Wildman–Crippen LogP) is 6.77. The Morgan fingerprint density at radius 1 is 0.963 bits per heavy atom. The number of H-pyrrole nitrogens is 1. The second-order valence-corrected chi connectivity index (χ2v) is 7.17. The van der Waals surface area contributed by atoms with Gasteiger partial charge in [0, 0.05) is 21.7 Å². The van der Waals surface area contributed by atoms with Crippen LogP contribution in [-0.4, -0.2) is 17.3 Å². The van der Waals surface area contributed by atoms with Crippen molar-refractivity contribution in [2.75, 3.05) is 7.11 Å². The molecule has 3 aromatic carbocycles. The third kappa shape index (κ3) is 3.29. The number of aromatic nitrogens is 2. The first-order valence-corrected chi connectivity index (χ1v) is 9.47.